The van der Waals surface area contributed by atoms with E-state index in [1.807, 2.05) is 0 Å². The topological polar surface area (TPSA) is 50.7 Å². The summed E-state index contributed by atoms with van der Waals surface area (Å²) < 4.78 is 10.7. The highest BCUT2D eigenvalue weighted by atomic mass is 16.5. The predicted molar refractivity (Wildman–Crippen MR) is 76.2 cm³/mol. The summed E-state index contributed by atoms with van der Waals surface area (Å²) in [5, 5.41) is 0. The van der Waals surface area contributed by atoms with E-state index >= 15 is 0 Å². The number of anilines is 1. The Balaban J connectivity index is 1.57. The highest BCUT2D eigenvalue weighted by Gasteiger charge is 2.26. The van der Waals surface area contributed by atoms with Gasteiger partial charge in [0.2, 0.25) is 11.8 Å². The van der Waals surface area contributed by atoms with E-state index in [0.29, 0.717) is 11.9 Å². The van der Waals surface area contributed by atoms with Crippen LogP contribution in [0.25, 0.3) is 0 Å². The third-order valence-electron chi connectivity index (χ3n) is 4.08. The lowest BCUT2D eigenvalue weighted by Crippen LogP contribution is -2.52. The van der Waals surface area contributed by atoms with Gasteiger partial charge in [0.05, 0.1) is 13.7 Å². The SMILES string of the molecule is COc1ccnc(N2CCN(C3CCCOC3)CC2)n1. The summed E-state index contributed by atoms with van der Waals surface area (Å²) in [6, 6.07) is 2.37. The molecule has 6 nitrogen and oxygen atoms in total. The fraction of sp³-hybridized carbons (Fsp3) is 0.714. The first kappa shape index (κ1) is 13.6. The van der Waals surface area contributed by atoms with Gasteiger partial charge in [-0.15, -0.1) is 0 Å². The predicted octanol–water partition coefficient (Wildman–Crippen LogP) is 0.786. The number of nitrogens with zero attached hydrogens (tertiary/aromatic N) is 4. The van der Waals surface area contributed by atoms with Gasteiger partial charge in [-0.3, -0.25) is 4.90 Å². The van der Waals surface area contributed by atoms with Crippen LogP contribution < -0.4 is 9.64 Å². The van der Waals surface area contributed by atoms with Crippen molar-refractivity contribution in [3.8, 4) is 5.88 Å². The zero-order chi connectivity index (χ0) is 13.8. The van der Waals surface area contributed by atoms with Crippen molar-refractivity contribution in [1.29, 1.82) is 0 Å². The summed E-state index contributed by atoms with van der Waals surface area (Å²) in [7, 11) is 1.63. The lowest BCUT2D eigenvalue weighted by Gasteiger charge is -2.40. The molecule has 20 heavy (non-hydrogen) atoms. The van der Waals surface area contributed by atoms with Crippen LogP contribution in [-0.2, 0) is 4.74 Å². The van der Waals surface area contributed by atoms with E-state index in [2.05, 4.69) is 19.8 Å². The van der Waals surface area contributed by atoms with Gasteiger partial charge in [0.15, 0.2) is 0 Å². The lowest BCUT2D eigenvalue weighted by molar-refractivity contribution is 0.0158. The van der Waals surface area contributed by atoms with Gasteiger partial charge < -0.3 is 14.4 Å². The molecule has 2 saturated heterocycles. The summed E-state index contributed by atoms with van der Waals surface area (Å²) in [5.74, 6) is 1.39. The molecule has 2 aliphatic rings. The number of piperazine rings is 1. The average Bonchev–Trinajstić information content (AvgIpc) is 2.56. The van der Waals surface area contributed by atoms with Crippen molar-refractivity contribution in [2.45, 2.75) is 18.9 Å². The minimum atomic E-state index is 0.595. The van der Waals surface area contributed by atoms with Gasteiger partial charge in [-0.05, 0) is 12.8 Å². The van der Waals surface area contributed by atoms with Crippen LogP contribution in [-0.4, -0.2) is 67.4 Å². The van der Waals surface area contributed by atoms with E-state index in [-0.39, 0.29) is 0 Å². The van der Waals surface area contributed by atoms with E-state index in [1.54, 1.807) is 19.4 Å². The molecule has 1 unspecified atom stereocenters. The van der Waals surface area contributed by atoms with Crippen molar-refractivity contribution in [2.24, 2.45) is 0 Å². The molecule has 1 aromatic heterocycles. The van der Waals surface area contributed by atoms with E-state index in [0.717, 1.165) is 45.3 Å². The van der Waals surface area contributed by atoms with E-state index < -0.39 is 0 Å². The Morgan fingerprint density at radius 1 is 1.30 bits per heavy atom. The molecular weight excluding hydrogens is 256 g/mol. The quantitative estimate of drug-likeness (QED) is 0.814. The van der Waals surface area contributed by atoms with Gasteiger partial charge >= 0.3 is 0 Å². The Hall–Kier alpha value is -1.40. The molecule has 6 heteroatoms. The number of ether oxygens (including phenoxy) is 2. The molecule has 1 aromatic rings. The molecule has 3 rings (SSSR count). The van der Waals surface area contributed by atoms with E-state index in [4.69, 9.17) is 9.47 Å². The maximum Gasteiger partial charge on any atom is 0.228 e. The molecule has 0 spiro atoms. The molecule has 0 bridgehead atoms. The molecule has 0 saturated carbocycles. The molecule has 0 aromatic carbocycles. The first-order chi connectivity index (χ1) is 9.86. The number of hydrogen-bond acceptors (Lipinski definition) is 6. The standard InChI is InChI=1S/C14H22N4O2/c1-19-13-4-5-15-14(16-13)18-8-6-17(7-9-18)12-3-2-10-20-11-12/h4-5,12H,2-3,6-11H2,1H3. The zero-order valence-electron chi connectivity index (χ0n) is 12.0. The van der Waals surface area contributed by atoms with E-state index in [1.165, 1.54) is 12.8 Å². The van der Waals surface area contributed by atoms with Crippen LogP contribution in [0.4, 0.5) is 5.95 Å². The average molecular weight is 278 g/mol. The smallest absolute Gasteiger partial charge is 0.228 e. The van der Waals surface area contributed by atoms with Crippen LogP contribution in [0.5, 0.6) is 5.88 Å². The molecule has 3 heterocycles. The Labute approximate surface area is 119 Å². The van der Waals surface area contributed by atoms with Crippen molar-refractivity contribution in [2.75, 3.05) is 51.4 Å². The van der Waals surface area contributed by atoms with Crippen LogP contribution in [0.1, 0.15) is 12.8 Å². The van der Waals surface area contributed by atoms with Crippen LogP contribution in [0, 0.1) is 0 Å². The molecule has 0 amide bonds. The first-order valence-corrected chi connectivity index (χ1v) is 7.30. The summed E-state index contributed by atoms with van der Waals surface area (Å²) in [6.45, 7) is 5.83. The molecule has 0 aliphatic carbocycles. The number of hydrogen-bond donors (Lipinski definition) is 0. The third-order valence-corrected chi connectivity index (χ3v) is 4.08. The van der Waals surface area contributed by atoms with E-state index in [9.17, 15) is 0 Å². The van der Waals surface area contributed by atoms with Crippen LogP contribution in [0.3, 0.4) is 0 Å². The minimum absolute atomic E-state index is 0.595. The van der Waals surface area contributed by atoms with Gasteiger partial charge in [-0.2, -0.15) is 4.98 Å². The Kier molecular flexibility index (Phi) is 4.32. The van der Waals surface area contributed by atoms with Gasteiger partial charge in [0.1, 0.15) is 0 Å². The molecular formula is C14H22N4O2. The van der Waals surface area contributed by atoms with Crippen LogP contribution in [0.15, 0.2) is 12.3 Å². The summed E-state index contributed by atoms with van der Waals surface area (Å²) in [6.07, 6.45) is 4.20. The zero-order valence-corrected chi connectivity index (χ0v) is 12.0. The highest BCUT2D eigenvalue weighted by molar-refractivity contribution is 5.32. The molecule has 0 N–H and O–H groups in total. The highest BCUT2D eigenvalue weighted by Crippen LogP contribution is 2.18. The second-order valence-electron chi connectivity index (χ2n) is 5.29. The lowest BCUT2D eigenvalue weighted by atomic mass is 10.1. The first-order valence-electron chi connectivity index (χ1n) is 7.30. The van der Waals surface area contributed by atoms with Gasteiger partial charge in [0.25, 0.3) is 0 Å². The van der Waals surface area contributed by atoms with Crippen LogP contribution in [0.2, 0.25) is 0 Å². The molecule has 2 fully saturated rings. The fourth-order valence-electron chi connectivity index (χ4n) is 2.90. The van der Waals surface area contributed by atoms with Crippen molar-refractivity contribution in [3.63, 3.8) is 0 Å². The summed E-state index contributed by atoms with van der Waals surface area (Å²) in [4.78, 5) is 13.5. The van der Waals surface area contributed by atoms with Crippen molar-refractivity contribution >= 4 is 5.95 Å². The fourth-order valence-corrected chi connectivity index (χ4v) is 2.90. The Bertz CT molecular complexity index is 429. The minimum Gasteiger partial charge on any atom is -0.481 e. The molecule has 0 radical (unpaired) electrons. The van der Waals surface area contributed by atoms with Crippen molar-refractivity contribution in [1.82, 2.24) is 14.9 Å². The second-order valence-corrected chi connectivity index (χ2v) is 5.29. The van der Waals surface area contributed by atoms with Crippen LogP contribution >= 0.6 is 0 Å². The maximum absolute atomic E-state index is 5.58. The van der Waals surface area contributed by atoms with Gasteiger partial charge in [-0.1, -0.05) is 0 Å². The largest absolute Gasteiger partial charge is 0.481 e. The van der Waals surface area contributed by atoms with Crippen molar-refractivity contribution < 1.29 is 9.47 Å². The summed E-state index contributed by atoms with van der Waals surface area (Å²) >= 11 is 0. The monoisotopic (exact) mass is 278 g/mol. The second kappa shape index (κ2) is 6.37. The Morgan fingerprint density at radius 2 is 2.15 bits per heavy atom. The molecule has 1 atom stereocenters. The molecule has 2 aliphatic heterocycles. The van der Waals surface area contributed by atoms with Gasteiger partial charge in [-0.25, -0.2) is 4.98 Å². The summed E-state index contributed by atoms with van der Waals surface area (Å²) in [5.41, 5.74) is 0. The number of methoxy groups -OCH3 is 1. The number of rotatable bonds is 3. The van der Waals surface area contributed by atoms with Crippen molar-refractivity contribution in [3.05, 3.63) is 12.3 Å². The maximum atomic E-state index is 5.58. The Morgan fingerprint density at radius 3 is 2.85 bits per heavy atom. The van der Waals surface area contributed by atoms with Gasteiger partial charge in [0, 0.05) is 51.1 Å². The normalized spacial score (nSPS) is 24.6. The number of aromatic nitrogens is 2. The third kappa shape index (κ3) is 3.02. The molecule has 110 valence electrons.